The van der Waals surface area contributed by atoms with Crippen LogP contribution in [0.25, 0.3) is 0 Å². The molecule has 1 fully saturated rings. The molecule has 1 aromatic carbocycles. The molecule has 19 heavy (non-hydrogen) atoms. The molecule has 106 valence electrons. The minimum Gasteiger partial charge on any atom is -0.373 e. The van der Waals surface area contributed by atoms with Gasteiger partial charge in [-0.2, -0.15) is 0 Å². The second kappa shape index (κ2) is 8.37. The zero-order valence-corrected chi connectivity index (χ0v) is 13.8. The third-order valence-corrected chi connectivity index (χ3v) is 3.33. The van der Waals surface area contributed by atoms with Crippen molar-refractivity contribution in [3.8, 4) is 0 Å². The normalized spacial score (nSPS) is 22.7. The fourth-order valence-corrected chi connectivity index (χ4v) is 2.36. The van der Waals surface area contributed by atoms with Gasteiger partial charge in [0.2, 0.25) is 0 Å². The van der Waals surface area contributed by atoms with Crippen LogP contribution in [0.15, 0.2) is 35.3 Å². The van der Waals surface area contributed by atoms with Gasteiger partial charge in [-0.15, -0.1) is 24.0 Å². The summed E-state index contributed by atoms with van der Waals surface area (Å²) in [7, 11) is 3.65. The van der Waals surface area contributed by atoms with E-state index in [-0.39, 0.29) is 30.1 Å². The Kier molecular flexibility index (Phi) is 7.15. The Bertz CT molecular complexity index is 397. The van der Waals surface area contributed by atoms with Crippen LogP contribution in [0.4, 0.5) is 0 Å². The van der Waals surface area contributed by atoms with Crippen molar-refractivity contribution in [1.29, 1.82) is 0 Å². The molecule has 0 bridgehead atoms. The number of hydrogen-bond acceptors (Lipinski definition) is 2. The molecule has 0 amide bonds. The lowest BCUT2D eigenvalue weighted by Gasteiger charge is -2.20. The molecule has 1 saturated heterocycles. The molecule has 1 aromatic rings. The third kappa shape index (κ3) is 4.35. The van der Waals surface area contributed by atoms with E-state index in [0.29, 0.717) is 5.92 Å². The molecular formula is C14H22IN3O. The number of benzene rings is 1. The molecule has 0 unspecified atom stereocenters. The van der Waals surface area contributed by atoms with Crippen LogP contribution in [-0.4, -0.2) is 33.2 Å². The minimum atomic E-state index is 0. The van der Waals surface area contributed by atoms with Gasteiger partial charge in [0.05, 0.1) is 6.10 Å². The first-order valence-corrected chi connectivity index (χ1v) is 6.40. The molecule has 1 aliphatic rings. The van der Waals surface area contributed by atoms with E-state index in [9.17, 15) is 0 Å². The summed E-state index contributed by atoms with van der Waals surface area (Å²) in [6, 6.07) is 10.4. The van der Waals surface area contributed by atoms with Crippen molar-refractivity contribution >= 4 is 29.9 Å². The predicted molar refractivity (Wildman–Crippen MR) is 89.1 cm³/mol. The van der Waals surface area contributed by atoms with Gasteiger partial charge in [0.25, 0.3) is 0 Å². The molecule has 1 aliphatic heterocycles. The highest BCUT2D eigenvalue weighted by Crippen LogP contribution is 2.33. The van der Waals surface area contributed by atoms with E-state index >= 15 is 0 Å². The van der Waals surface area contributed by atoms with Crippen LogP contribution in [0.1, 0.15) is 18.1 Å². The highest BCUT2D eigenvalue weighted by Gasteiger charge is 2.29. The van der Waals surface area contributed by atoms with E-state index in [0.717, 1.165) is 25.5 Å². The molecule has 2 rings (SSSR count). The number of guanidine groups is 1. The number of nitrogens with one attached hydrogen (secondary N) is 2. The summed E-state index contributed by atoms with van der Waals surface area (Å²) in [6.45, 7) is 1.72. The molecule has 5 heteroatoms. The van der Waals surface area contributed by atoms with Gasteiger partial charge in [-0.05, 0) is 12.0 Å². The summed E-state index contributed by atoms with van der Waals surface area (Å²) in [5.41, 5.74) is 1.27. The van der Waals surface area contributed by atoms with E-state index in [2.05, 4.69) is 39.9 Å². The van der Waals surface area contributed by atoms with Crippen molar-refractivity contribution in [3.63, 3.8) is 0 Å². The Morgan fingerprint density at radius 2 is 2.11 bits per heavy atom. The van der Waals surface area contributed by atoms with E-state index in [1.807, 2.05) is 13.1 Å². The molecule has 0 spiro atoms. The maximum absolute atomic E-state index is 5.85. The highest BCUT2D eigenvalue weighted by atomic mass is 127. The number of aliphatic imine (C=N–C) groups is 1. The molecular weight excluding hydrogens is 353 g/mol. The molecule has 0 radical (unpaired) electrons. The lowest BCUT2D eigenvalue weighted by atomic mass is 9.95. The van der Waals surface area contributed by atoms with E-state index in [4.69, 9.17) is 4.74 Å². The molecule has 4 nitrogen and oxygen atoms in total. The summed E-state index contributed by atoms with van der Waals surface area (Å²) < 4.78 is 5.85. The summed E-state index contributed by atoms with van der Waals surface area (Å²) >= 11 is 0. The maximum Gasteiger partial charge on any atom is 0.190 e. The molecule has 2 N–H and O–H groups in total. The van der Waals surface area contributed by atoms with Crippen molar-refractivity contribution in [2.24, 2.45) is 10.9 Å². The van der Waals surface area contributed by atoms with Gasteiger partial charge in [-0.25, -0.2) is 0 Å². The molecule has 2 atom stereocenters. The van der Waals surface area contributed by atoms with Gasteiger partial charge in [0, 0.05) is 33.2 Å². The Labute approximate surface area is 132 Å². The van der Waals surface area contributed by atoms with Crippen molar-refractivity contribution in [1.82, 2.24) is 10.6 Å². The fourth-order valence-electron chi connectivity index (χ4n) is 2.36. The van der Waals surface area contributed by atoms with Crippen molar-refractivity contribution in [2.45, 2.75) is 12.5 Å². The van der Waals surface area contributed by atoms with Crippen molar-refractivity contribution in [2.75, 3.05) is 27.2 Å². The van der Waals surface area contributed by atoms with Gasteiger partial charge in [-0.1, -0.05) is 30.3 Å². The molecule has 1 heterocycles. The van der Waals surface area contributed by atoms with E-state index in [1.165, 1.54) is 5.56 Å². The molecule has 0 aliphatic carbocycles. The maximum atomic E-state index is 5.85. The van der Waals surface area contributed by atoms with Crippen molar-refractivity contribution < 1.29 is 4.74 Å². The van der Waals surface area contributed by atoms with Gasteiger partial charge in [-0.3, -0.25) is 4.99 Å². The summed E-state index contributed by atoms with van der Waals surface area (Å²) in [5, 5.41) is 6.35. The second-order valence-corrected chi connectivity index (χ2v) is 4.45. The number of rotatable bonds is 3. The monoisotopic (exact) mass is 375 g/mol. The van der Waals surface area contributed by atoms with E-state index in [1.54, 1.807) is 7.05 Å². The smallest absolute Gasteiger partial charge is 0.190 e. The van der Waals surface area contributed by atoms with Gasteiger partial charge in [0.1, 0.15) is 0 Å². The van der Waals surface area contributed by atoms with Gasteiger partial charge in [0.15, 0.2) is 5.96 Å². The zero-order chi connectivity index (χ0) is 12.8. The Morgan fingerprint density at radius 3 is 2.74 bits per heavy atom. The second-order valence-electron chi connectivity index (χ2n) is 4.45. The first kappa shape index (κ1) is 16.2. The van der Waals surface area contributed by atoms with Crippen LogP contribution in [0.5, 0.6) is 0 Å². The highest BCUT2D eigenvalue weighted by molar-refractivity contribution is 14.0. The Balaban J connectivity index is 0.00000180. The van der Waals surface area contributed by atoms with Crippen molar-refractivity contribution in [3.05, 3.63) is 35.9 Å². The fraction of sp³-hybridized carbons (Fsp3) is 0.500. The number of ether oxygens (including phenoxy) is 1. The zero-order valence-electron chi connectivity index (χ0n) is 11.4. The SMILES string of the molecule is CN=C(NC)NC[C@@H]1CCO[C@H]1c1ccccc1.I. The number of halogens is 1. The summed E-state index contributed by atoms with van der Waals surface area (Å²) in [6.07, 6.45) is 1.29. The Morgan fingerprint density at radius 1 is 1.37 bits per heavy atom. The van der Waals surface area contributed by atoms with Crippen LogP contribution >= 0.6 is 24.0 Å². The first-order chi connectivity index (χ1) is 8.85. The molecule has 0 saturated carbocycles. The van der Waals surface area contributed by atoms with Crippen LogP contribution in [0, 0.1) is 5.92 Å². The average molecular weight is 375 g/mol. The lowest BCUT2D eigenvalue weighted by Crippen LogP contribution is -2.38. The first-order valence-electron chi connectivity index (χ1n) is 6.40. The van der Waals surface area contributed by atoms with Crippen LogP contribution in [0.3, 0.4) is 0 Å². The van der Waals surface area contributed by atoms with Crippen LogP contribution in [-0.2, 0) is 4.74 Å². The van der Waals surface area contributed by atoms with Crippen LogP contribution < -0.4 is 10.6 Å². The lowest BCUT2D eigenvalue weighted by molar-refractivity contribution is 0.0915. The standard InChI is InChI=1S/C14H21N3O.HI/c1-15-14(16-2)17-10-12-8-9-18-13(12)11-6-4-3-5-7-11;/h3-7,12-13H,8-10H2,1-2H3,(H2,15,16,17);1H/t12-,13-;/m0./s1. The minimum absolute atomic E-state index is 0. The summed E-state index contributed by atoms with van der Waals surface area (Å²) in [4.78, 5) is 4.12. The van der Waals surface area contributed by atoms with E-state index < -0.39 is 0 Å². The predicted octanol–water partition coefficient (Wildman–Crippen LogP) is 2.18. The van der Waals surface area contributed by atoms with Crippen LogP contribution in [0.2, 0.25) is 0 Å². The van der Waals surface area contributed by atoms with Gasteiger partial charge < -0.3 is 15.4 Å². The largest absolute Gasteiger partial charge is 0.373 e. The quantitative estimate of drug-likeness (QED) is 0.484. The topological polar surface area (TPSA) is 45.7 Å². The summed E-state index contributed by atoms with van der Waals surface area (Å²) in [5.74, 6) is 1.33. The number of nitrogens with zero attached hydrogens (tertiary/aromatic N) is 1. The number of hydrogen-bond donors (Lipinski definition) is 2. The average Bonchev–Trinajstić information content (AvgIpc) is 2.89. The van der Waals surface area contributed by atoms with Gasteiger partial charge >= 0.3 is 0 Å². The third-order valence-electron chi connectivity index (χ3n) is 3.33. The Hall–Kier alpha value is -0.820. The molecule has 0 aromatic heterocycles.